The molecule has 0 bridgehead atoms. The second-order valence-electron chi connectivity index (χ2n) is 5.68. The molecule has 0 aromatic carbocycles. The van der Waals surface area contributed by atoms with Crippen LogP contribution in [0.15, 0.2) is 36.6 Å². The third kappa shape index (κ3) is 3.72. The van der Waals surface area contributed by atoms with Crippen LogP contribution in [0, 0.1) is 0 Å². The van der Waals surface area contributed by atoms with Crippen LogP contribution in [0.3, 0.4) is 0 Å². The molecule has 0 saturated heterocycles. The van der Waals surface area contributed by atoms with Crippen molar-refractivity contribution < 1.29 is 24.2 Å². The fourth-order valence-electron chi connectivity index (χ4n) is 2.93. The molecule has 0 fully saturated rings. The van der Waals surface area contributed by atoms with E-state index in [2.05, 4.69) is 11.6 Å². The lowest BCUT2D eigenvalue weighted by molar-refractivity contribution is -0.139. The first-order valence-electron chi connectivity index (χ1n) is 8.06. The van der Waals surface area contributed by atoms with E-state index < -0.39 is 18.4 Å². The third-order valence-electron chi connectivity index (χ3n) is 3.88. The van der Waals surface area contributed by atoms with Gasteiger partial charge in [-0.25, -0.2) is 9.78 Å². The molecule has 0 atom stereocenters. The number of carboxylic acid groups (broad SMARTS) is 1. The van der Waals surface area contributed by atoms with E-state index in [4.69, 9.17) is 9.84 Å². The lowest BCUT2D eigenvalue weighted by Crippen LogP contribution is -2.11. The highest BCUT2D eigenvalue weighted by Crippen LogP contribution is 2.33. The fourth-order valence-corrected chi connectivity index (χ4v) is 2.93. The molecule has 0 unspecified atom stereocenters. The standard InChI is InChI=1S/C19H20N2O5/c1-4-6-12(3)9-21-13(5-2)17(15(23)10-22)18-14(21)7-8-20-19(18)26-11-16(24)25/h4,6-8,10H,1,5,9,11H2,2-3H3,(H,24,25)/b12-6+. The summed E-state index contributed by atoms with van der Waals surface area (Å²) < 4.78 is 7.17. The number of hydrogen-bond acceptors (Lipinski definition) is 5. The number of carbonyl (C=O) groups excluding carboxylic acids is 2. The summed E-state index contributed by atoms with van der Waals surface area (Å²) in [5, 5.41) is 9.21. The highest BCUT2D eigenvalue weighted by molar-refractivity contribution is 6.37. The molecule has 2 aromatic rings. The Bertz CT molecular complexity index is 908. The Hall–Kier alpha value is -3.22. The first kappa shape index (κ1) is 19.1. The number of allylic oxidation sites excluding steroid dienone is 3. The number of ether oxygens (including phenoxy) is 1. The average Bonchev–Trinajstić information content (AvgIpc) is 2.93. The first-order chi connectivity index (χ1) is 12.4. The summed E-state index contributed by atoms with van der Waals surface area (Å²) in [5.74, 6) is -1.83. The van der Waals surface area contributed by atoms with Crippen LogP contribution in [0.1, 0.15) is 29.9 Å². The molecule has 7 heteroatoms. The van der Waals surface area contributed by atoms with E-state index in [-0.39, 0.29) is 17.7 Å². The Morgan fingerprint density at radius 2 is 2.15 bits per heavy atom. The van der Waals surface area contributed by atoms with Gasteiger partial charge in [0.05, 0.1) is 16.5 Å². The van der Waals surface area contributed by atoms with Crippen molar-refractivity contribution in [2.24, 2.45) is 0 Å². The van der Waals surface area contributed by atoms with Gasteiger partial charge in [-0.05, 0) is 19.4 Å². The van der Waals surface area contributed by atoms with Crippen molar-refractivity contribution in [3.63, 3.8) is 0 Å². The van der Waals surface area contributed by atoms with Crippen LogP contribution in [-0.2, 0) is 22.6 Å². The molecule has 0 amide bonds. The summed E-state index contributed by atoms with van der Waals surface area (Å²) in [6.07, 6.45) is 5.77. The molecule has 0 saturated carbocycles. The Morgan fingerprint density at radius 1 is 1.42 bits per heavy atom. The molecule has 136 valence electrons. The van der Waals surface area contributed by atoms with Gasteiger partial charge >= 0.3 is 5.97 Å². The summed E-state index contributed by atoms with van der Waals surface area (Å²) >= 11 is 0. The number of nitrogens with zero attached hydrogens (tertiary/aromatic N) is 2. The van der Waals surface area contributed by atoms with Gasteiger partial charge in [-0.1, -0.05) is 31.2 Å². The van der Waals surface area contributed by atoms with Gasteiger partial charge in [-0.15, -0.1) is 0 Å². The molecule has 2 heterocycles. The zero-order chi connectivity index (χ0) is 19.3. The van der Waals surface area contributed by atoms with E-state index in [0.29, 0.717) is 29.6 Å². The number of fused-ring (bicyclic) bond motifs is 1. The molecular weight excluding hydrogens is 336 g/mol. The Balaban J connectivity index is 2.78. The summed E-state index contributed by atoms with van der Waals surface area (Å²) in [5.41, 5.74) is 2.53. The van der Waals surface area contributed by atoms with Crippen molar-refractivity contribution in [3.8, 4) is 5.88 Å². The smallest absolute Gasteiger partial charge is 0.341 e. The van der Waals surface area contributed by atoms with Gasteiger partial charge in [0.25, 0.3) is 0 Å². The zero-order valence-corrected chi connectivity index (χ0v) is 14.7. The number of ketones is 1. The SMILES string of the molecule is C=C/C=C(\C)Cn1c(CC)c(C(=O)C=O)c2c(OCC(=O)O)nccc21. The van der Waals surface area contributed by atoms with Gasteiger partial charge < -0.3 is 14.4 Å². The van der Waals surface area contributed by atoms with E-state index >= 15 is 0 Å². The summed E-state index contributed by atoms with van der Waals surface area (Å²) in [6.45, 7) is 7.38. The number of Topliss-reactive ketones (excluding diaryl/α,β-unsaturated/α-hetero) is 1. The highest BCUT2D eigenvalue weighted by Gasteiger charge is 2.25. The van der Waals surface area contributed by atoms with Crippen LogP contribution >= 0.6 is 0 Å². The number of carbonyl (C=O) groups is 3. The number of aldehydes is 1. The molecule has 0 aliphatic rings. The maximum Gasteiger partial charge on any atom is 0.341 e. The van der Waals surface area contributed by atoms with Crippen molar-refractivity contribution in [3.05, 3.63) is 47.8 Å². The molecule has 0 spiro atoms. The molecular formula is C19H20N2O5. The lowest BCUT2D eigenvalue weighted by Gasteiger charge is -2.10. The summed E-state index contributed by atoms with van der Waals surface area (Å²) in [4.78, 5) is 38.4. The maximum absolute atomic E-state index is 12.3. The van der Waals surface area contributed by atoms with Gasteiger partial charge in [-0.2, -0.15) is 0 Å². The number of aromatic nitrogens is 2. The fraction of sp³-hybridized carbons (Fsp3) is 0.263. The van der Waals surface area contributed by atoms with Gasteiger partial charge in [0.15, 0.2) is 12.9 Å². The van der Waals surface area contributed by atoms with Gasteiger partial charge in [0, 0.05) is 18.4 Å². The quantitative estimate of drug-likeness (QED) is 0.321. The Kier molecular flexibility index (Phi) is 6.06. The van der Waals surface area contributed by atoms with E-state index in [1.165, 1.54) is 6.20 Å². The first-order valence-corrected chi connectivity index (χ1v) is 8.06. The average molecular weight is 356 g/mol. The molecule has 26 heavy (non-hydrogen) atoms. The molecule has 0 aliphatic carbocycles. The Morgan fingerprint density at radius 3 is 2.73 bits per heavy atom. The predicted molar refractivity (Wildman–Crippen MR) is 96.6 cm³/mol. The number of pyridine rings is 1. The number of carboxylic acids is 1. The van der Waals surface area contributed by atoms with Crippen molar-refractivity contribution in [2.75, 3.05) is 6.61 Å². The van der Waals surface area contributed by atoms with E-state index in [0.717, 1.165) is 5.57 Å². The van der Waals surface area contributed by atoms with Crippen LogP contribution in [0.5, 0.6) is 5.88 Å². The highest BCUT2D eigenvalue weighted by atomic mass is 16.5. The Labute approximate surface area is 150 Å². The van der Waals surface area contributed by atoms with Crippen LogP contribution in [-0.4, -0.2) is 39.3 Å². The molecule has 1 N–H and O–H groups in total. The van der Waals surface area contributed by atoms with Gasteiger partial charge in [0.2, 0.25) is 11.7 Å². The molecule has 0 aliphatic heterocycles. The number of hydrogen-bond donors (Lipinski definition) is 1. The van der Waals surface area contributed by atoms with Crippen molar-refractivity contribution >= 4 is 28.9 Å². The van der Waals surface area contributed by atoms with E-state index in [9.17, 15) is 14.4 Å². The normalized spacial score (nSPS) is 11.4. The predicted octanol–water partition coefficient (Wildman–Crippen LogP) is 2.58. The van der Waals surface area contributed by atoms with Crippen LogP contribution in [0.4, 0.5) is 0 Å². The topological polar surface area (TPSA) is 98.5 Å². The van der Waals surface area contributed by atoms with Crippen molar-refractivity contribution in [2.45, 2.75) is 26.8 Å². The minimum absolute atomic E-state index is 0.0221. The number of aliphatic carboxylic acids is 1. The zero-order valence-electron chi connectivity index (χ0n) is 14.7. The van der Waals surface area contributed by atoms with E-state index in [1.807, 2.05) is 24.5 Å². The summed E-state index contributed by atoms with van der Waals surface area (Å²) in [7, 11) is 0. The third-order valence-corrected chi connectivity index (χ3v) is 3.88. The van der Waals surface area contributed by atoms with Crippen LogP contribution in [0.2, 0.25) is 0 Å². The van der Waals surface area contributed by atoms with Crippen LogP contribution in [0.25, 0.3) is 10.9 Å². The van der Waals surface area contributed by atoms with Gasteiger partial charge in [-0.3, -0.25) is 9.59 Å². The molecule has 2 aromatic heterocycles. The molecule has 2 rings (SSSR count). The largest absolute Gasteiger partial charge is 0.479 e. The minimum atomic E-state index is -1.16. The van der Waals surface area contributed by atoms with Crippen LogP contribution < -0.4 is 4.74 Å². The molecule has 7 nitrogen and oxygen atoms in total. The summed E-state index contributed by atoms with van der Waals surface area (Å²) in [6, 6.07) is 1.71. The van der Waals surface area contributed by atoms with Crippen molar-refractivity contribution in [1.82, 2.24) is 9.55 Å². The minimum Gasteiger partial charge on any atom is -0.479 e. The monoisotopic (exact) mass is 356 g/mol. The van der Waals surface area contributed by atoms with E-state index in [1.54, 1.807) is 12.1 Å². The number of rotatable bonds is 9. The maximum atomic E-state index is 12.3. The second kappa shape index (κ2) is 8.24. The van der Waals surface area contributed by atoms with Crippen molar-refractivity contribution in [1.29, 1.82) is 0 Å². The lowest BCUT2D eigenvalue weighted by atomic mass is 10.1. The second-order valence-corrected chi connectivity index (χ2v) is 5.68. The van der Waals surface area contributed by atoms with Gasteiger partial charge in [0.1, 0.15) is 0 Å². The molecule has 0 radical (unpaired) electrons.